The second kappa shape index (κ2) is 12.2. The molecule has 0 saturated carbocycles. The van der Waals surface area contributed by atoms with E-state index >= 15 is 0 Å². The van der Waals surface area contributed by atoms with E-state index in [1.54, 1.807) is 23.2 Å². The second-order valence-electron chi connectivity index (χ2n) is 9.27. The van der Waals surface area contributed by atoms with Crippen LogP contribution in [0.2, 0.25) is 0 Å². The quantitative estimate of drug-likeness (QED) is 0.313. The van der Waals surface area contributed by atoms with Gasteiger partial charge in [0.1, 0.15) is 12.3 Å². The highest BCUT2D eigenvalue weighted by atomic mass is 16.5. The molecule has 0 saturated heterocycles. The van der Waals surface area contributed by atoms with Crippen molar-refractivity contribution < 1.29 is 14.3 Å². The minimum atomic E-state index is -0.200. The lowest BCUT2D eigenvalue weighted by Gasteiger charge is -2.30. The lowest BCUT2D eigenvalue weighted by molar-refractivity contribution is -0.132. The maximum absolute atomic E-state index is 13.7. The van der Waals surface area contributed by atoms with Gasteiger partial charge in [0.2, 0.25) is 5.91 Å². The smallest absolute Gasteiger partial charge is 0.256 e. The molecule has 0 atom stereocenters. The number of aromatic amines is 1. The van der Waals surface area contributed by atoms with Crippen LogP contribution in [0.15, 0.2) is 79.3 Å². The predicted molar refractivity (Wildman–Crippen MR) is 145 cm³/mol. The third-order valence-electron chi connectivity index (χ3n) is 6.38. The lowest BCUT2D eigenvalue weighted by Crippen LogP contribution is -2.46. The first-order valence-corrected chi connectivity index (χ1v) is 12.7. The predicted octanol–water partition coefficient (Wildman–Crippen LogP) is 5.08. The summed E-state index contributed by atoms with van der Waals surface area (Å²) >= 11 is 0. The number of hydrogen-bond donors (Lipinski definition) is 1. The molecule has 0 spiro atoms. The minimum Gasteiger partial charge on any atom is -0.494 e. The molecule has 4 aromatic rings. The monoisotopic (exact) mass is 498 g/mol. The van der Waals surface area contributed by atoms with Crippen LogP contribution in [-0.4, -0.2) is 57.3 Å². The topological polar surface area (TPSA) is 78.5 Å². The van der Waals surface area contributed by atoms with Crippen LogP contribution in [0, 0.1) is 0 Å². The highest BCUT2D eigenvalue weighted by Crippen LogP contribution is 2.20. The summed E-state index contributed by atoms with van der Waals surface area (Å²) in [5.41, 5.74) is 3.72. The molecule has 0 aliphatic rings. The van der Waals surface area contributed by atoms with Crippen molar-refractivity contribution in [2.75, 3.05) is 19.7 Å². The first-order chi connectivity index (χ1) is 18.0. The van der Waals surface area contributed by atoms with Crippen LogP contribution in [0.1, 0.15) is 42.3 Å². The van der Waals surface area contributed by atoms with E-state index in [0.29, 0.717) is 31.7 Å². The fourth-order valence-electron chi connectivity index (χ4n) is 4.35. The Morgan fingerprint density at radius 1 is 1.03 bits per heavy atom. The Morgan fingerprint density at radius 2 is 1.81 bits per heavy atom. The standard InChI is InChI=1S/C30H34N4O3/c1-4-37-26-13-11-23(12-14-26)20-33(17-15-24-19-32-28-10-6-5-9-27(24)28)29(35)21-34(22(2)3)30(36)25-8-7-16-31-18-25/h5-14,16,18-19,22,32H,4,15,17,20-21H2,1-3H3. The van der Waals surface area contributed by atoms with Crippen LogP contribution in [0.4, 0.5) is 0 Å². The molecule has 2 heterocycles. The molecule has 0 aliphatic carbocycles. The number of pyridine rings is 1. The SMILES string of the molecule is CCOc1ccc(CN(CCc2c[nH]c3ccccc23)C(=O)CN(C(=O)c2cccnc2)C(C)C)cc1. The molecule has 1 N–H and O–H groups in total. The summed E-state index contributed by atoms with van der Waals surface area (Å²) in [6, 6.07) is 19.3. The first-order valence-electron chi connectivity index (χ1n) is 12.7. The van der Waals surface area contributed by atoms with Gasteiger partial charge in [0, 0.05) is 48.6 Å². The van der Waals surface area contributed by atoms with Gasteiger partial charge in [-0.15, -0.1) is 0 Å². The van der Waals surface area contributed by atoms with Crippen LogP contribution < -0.4 is 4.74 Å². The largest absolute Gasteiger partial charge is 0.494 e. The van der Waals surface area contributed by atoms with E-state index in [-0.39, 0.29) is 24.4 Å². The van der Waals surface area contributed by atoms with Gasteiger partial charge in [0.15, 0.2) is 0 Å². The van der Waals surface area contributed by atoms with Crippen molar-refractivity contribution in [3.63, 3.8) is 0 Å². The average Bonchev–Trinajstić information content (AvgIpc) is 3.33. The van der Waals surface area contributed by atoms with Crippen molar-refractivity contribution in [1.29, 1.82) is 0 Å². The summed E-state index contributed by atoms with van der Waals surface area (Å²) in [6.07, 6.45) is 5.88. The zero-order valence-electron chi connectivity index (χ0n) is 21.7. The summed E-state index contributed by atoms with van der Waals surface area (Å²) in [4.78, 5) is 37.7. The van der Waals surface area contributed by atoms with Crippen molar-refractivity contribution in [1.82, 2.24) is 19.8 Å². The second-order valence-corrected chi connectivity index (χ2v) is 9.27. The maximum atomic E-state index is 13.7. The number of carbonyl (C=O) groups is 2. The molecule has 0 bridgehead atoms. The van der Waals surface area contributed by atoms with E-state index in [1.807, 2.05) is 74.3 Å². The Labute approximate surface area is 218 Å². The molecule has 7 heteroatoms. The Balaban J connectivity index is 1.54. The number of rotatable bonds is 11. The van der Waals surface area contributed by atoms with E-state index < -0.39 is 0 Å². The summed E-state index contributed by atoms with van der Waals surface area (Å²) < 4.78 is 5.56. The third kappa shape index (κ3) is 6.55. The molecular formula is C30H34N4O3. The number of para-hydroxylation sites is 1. The molecule has 4 rings (SSSR count). The molecule has 0 radical (unpaired) electrons. The first kappa shape index (κ1) is 25.9. The van der Waals surface area contributed by atoms with Gasteiger partial charge in [0.05, 0.1) is 12.2 Å². The van der Waals surface area contributed by atoms with Crippen molar-refractivity contribution in [2.24, 2.45) is 0 Å². The lowest BCUT2D eigenvalue weighted by atomic mass is 10.1. The molecule has 37 heavy (non-hydrogen) atoms. The van der Waals surface area contributed by atoms with Crippen LogP contribution in [0.5, 0.6) is 5.75 Å². The van der Waals surface area contributed by atoms with Crippen molar-refractivity contribution >= 4 is 22.7 Å². The van der Waals surface area contributed by atoms with Gasteiger partial charge in [-0.1, -0.05) is 30.3 Å². The molecule has 0 fully saturated rings. The Kier molecular flexibility index (Phi) is 8.56. The summed E-state index contributed by atoms with van der Waals surface area (Å²) in [6.45, 7) is 7.36. The molecule has 192 valence electrons. The molecule has 2 aromatic heterocycles. The van der Waals surface area contributed by atoms with E-state index in [1.165, 1.54) is 6.20 Å². The van der Waals surface area contributed by atoms with Gasteiger partial charge >= 0.3 is 0 Å². The van der Waals surface area contributed by atoms with Crippen molar-refractivity contribution in [3.05, 3.63) is 95.9 Å². The number of ether oxygens (including phenoxy) is 1. The van der Waals surface area contributed by atoms with Gasteiger partial charge in [-0.05, 0) is 68.7 Å². The van der Waals surface area contributed by atoms with Crippen molar-refractivity contribution in [2.45, 2.75) is 39.8 Å². The van der Waals surface area contributed by atoms with E-state index in [4.69, 9.17) is 4.74 Å². The number of hydrogen-bond acceptors (Lipinski definition) is 4. The Bertz CT molecular complexity index is 1320. The van der Waals surface area contributed by atoms with Crippen LogP contribution >= 0.6 is 0 Å². The van der Waals surface area contributed by atoms with Gasteiger partial charge in [0.25, 0.3) is 5.91 Å². The fourth-order valence-corrected chi connectivity index (χ4v) is 4.35. The Morgan fingerprint density at radius 3 is 2.51 bits per heavy atom. The van der Waals surface area contributed by atoms with Crippen LogP contribution in [-0.2, 0) is 17.8 Å². The van der Waals surface area contributed by atoms with E-state index in [2.05, 4.69) is 16.0 Å². The maximum Gasteiger partial charge on any atom is 0.256 e. The normalized spacial score (nSPS) is 11.0. The number of carbonyl (C=O) groups excluding carboxylic acids is 2. The number of benzene rings is 2. The van der Waals surface area contributed by atoms with Crippen LogP contribution in [0.3, 0.4) is 0 Å². The summed E-state index contributed by atoms with van der Waals surface area (Å²) in [5, 5.41) is 1.16. The third-order valence-corrected chi connectivity index (χ3v) is 6.38. The number of H-pyrrole nitrogens is 1. The summed E-state index contributed by atoms with van der Waals surface area (Å²) in [5.74, 6) is 0.504. The fraction of sp³-hybridized carbons (Fsp3) is 0.300. The van der Waals surface area contributed by atoms with Gasteiger partial charge < -0.3 is 19.5 Å². The van der Waals surface area contributed by atoms with Gasteiger partial charge in [-0.2, -0.15) is 0 Å². The Hall–Kier alpha value is -4.13. The van der Waals surface area contributed by atoms with E-state index in [9.17, 15) is 9.59 Å². The molecule has 2 aromatic carbocycles. The number of aromatic nitrogens is 2. The van der Waals surface area contributed by atoms with E-state index in [0.717, 1.165) is 27.8 Å². The zero-order valence-corrected chi connectivity index (χ0v) is 21.7. The molecule has 2 amide bonds. The zero-order chi connectivity index (χ0) is 26.2. The van der Waals surface area contributed by atoms with Gasteiger partial charge in [-0.25, -0.2) is 0 Å². The number of nitrogens with one attached hydrogen (secondary N) is 1. The molecule has 0 unspecified atom stereocenters. The van der Waals surface area contributed by atoms with Gasteiger partial charge in [-0.3, -0.25) is 14.6 Å². The minimum absolute atomic E-state index is 0.00366. The van der Waals surface area contributed by atoms with Crippen LogP contribution in [0.25, 0.3) is 10.9 Å². The number of nitrogens with zero attached hydrogens (tertiary/aromatic N) is 3. The van der Waals surface area contributed by atoms with Crippen molar-refractivity contribution in [3.8, 4) is 5.75 Å². The highest BCUT2D eigenvalue weighted by molar-refractivity contribution is 5.96. The highest BCUT2D eigenvalue weighted by Gasteiger charge is 2.25. The molecule has 7 nitrogen and oxygen atoms in total. The number of fused-ring (bicyclic) bond motifs is 1. The number of amides is 2. The summed E-state index contributed by atoms with van der Waals surface area (Å²) in [7, 11) is 0. The molecular weight excluding hydrogens is 464 g/mol. The average molecular weight is 499 g/mol. The molecule has 0 aliphatic heterocycles.